The van der Waals surface area contributed by atoms with Crippen LogP contribution in [0.5, 0.6) is 0 Å². The molecule has 0 aliphatic rings. The minimum atomic E-state index is 0.569. The molecule has 0 fully saturated rings. The average Bonchev–Trinajstić information content (AvgIpc) is 2.45. The molecule has 15 heavy (non-hydrogen) atoms. The van der Waals surface area contributed by atoms with E-state index >= 15 is 0 Å². The van der Waals surface area contributed by atoms with Gasteiger partial charge in [-0.25, -0.2) is 4.98 Å². The van der Waals surface area contributed by atoms with Gasteiger partial charge in [-0.15, -0.1) is 11.3 Å². The molecule has 0 amide bonds. The molecule has 1 heterocycles. The molecule has 1 N–H and O–H groups in total. The SMILES string of the molecule is Cc1nc(C)c(CNCC(C)N(C)C)s1. The summed E-state index contributed by atoms with van der Waals surface area (Å²) in [6, 6.07) is 0.569. The Hall–Kier alpha value is -0.450. The highest BCUT2D eigenvalue weighted by molar-refractivity contribution is 7.11. The van der Waals surface area contributed by atoms with E-state index in [-0.39, 0.29) is 0 Å². The second kappa shape index (κ2) is 5.58. The summed E-state index contributed by atoms with van der Waals surface area (Å²) in [4.78, 5) is 7.99. The minimum absolute atomic E-state index is 0.569. The Morgan fingerprint density at radius 2 is 2.07 bits per heavy atom. The Balaban J connectivity index is 2.35. The van der Waals surface area contributed by atoms with Gasteiger partial charge in [0.2, 0.25) is 0 Å². The Morgan fingerprint density at radius 3 is 2.53 bits per heavy atom. The molecular weight excluding hydrogens is 206 g/mol. The molecule has 0 aliphatic carbocycles. The van der Waals surface area contributed by atoms with Crippen molar-refractivity contribution in [1.29, 1.82) is 0 Å². The lowest BCUT2D eigenvalue weighted by molar-refractivity contribution is 0.303. The van der Waals surface area contributed by atoms with Crippen LogP contribution in [0.1, 0.15) is 22.5 Å². The van der Waals surface area contributed by atoms with Gasteiger partial charge in [0.1, 0.15) is 0 Å². The van der Waals surface area contributed by atoms with Crippen LogP contribution in [0.4, 0.5) is 0 Å². The first-order valence-corrected chi connectivity index (χ1v) is 6.12. The monoisotopic (exact) mass is 227 g/mol. The number of nitrogens with zero attached hydrogens (tertiary/aromatic N) is 2. The Kier molecular flexibility index (Phi) is 4.70. The first-order valence-electron chi connectivity index (χ1n) is 5.30. The number of hydrogen-bond donors (Lipinski definition) is 1. The molecule has 1 unspecified atom stereocenters. The highest BCUT2D eigenvalue weighted by atomic mass is 32.1. The highest BCUT2D eigenvalue weighted by Crippen LogP contribution is 2.16. The van der Waals surface area contributed by atoms with Crippen molar-refractivity contribution in [2.75, 3.05) is 20.6 Å². The minimum Gasteiger partial charge on any atom is -0.310 e. The topological polar surface area (TPSA) is 28.2 Å². The van der Waals surface area contributed by atoms with Gasteiger partial charge in [0.15, 0.2) is 0 Å². The molecule has 0 bridgehead atoms. The molecule has 3 nitrogen and oxygen atoms in total. The van der Waals surface area contributed by atoms with Crippen LogP contribution in [0.3, 0.4) is 0 Å². The number of hydrogen-bond acceptors (Lipinski definition) is 4. The normalized spacial score (nSPS) is 13.5. The van der Waals surface area contributed by atoms with Gasteiger partial charge in [0, 0.05) is 24.0 Å². The summed E-state index contributed by atoms with van der Waals surface area (Å²) in [5.41, 5.74) is 1.17. The van der Waals surface area contributed by atoms with Crippen molar-refractivity contribution >= 4 is 11.3 Å². The summed E-state index contributed by atoms with van der Waals surface area (Å²) in [6.07, 6.45) is 0. The van der Waals surface area contributed by atoms with E-state index < -0.39 is 0 Å². The maximum Gasteiger partial charge on any atom is 0.0900 e. The summed E-state index contributed by atoms with van der Waals surface area (Å²) in [7, 11) is 4.21. The van der Waals surface area contributed by atoms with Crippen LogP contribution in [0.15, 0.2) is 0 Å². The molecule has 0 radical (unpaired) electrons. The molecule has 0 spiro atoms. The number of nitrogens with one attached hydrogen (secondary N) is 1. The summed E-state index contributed by atoms with van der Waals surface area (Å²) in [5.74, 6) is 0. The first-order chi connectivity index (χ1) is 7.00. The fraction of sp³-hybridized carbons (Fsp3) is 0.727. The molecule has 1 aromatic heterocycles. The van der Waals surface area contributed by atoms with Crippen molar-refractivity contribution in [3.63, 3.8) is 0 Å². The van der Waals surface area contributed by atoms with Crippen molar-refractivity contribution < 1.29 is 0 Å². The number of thiazole rings is 1. The van der Waals surface area contributed by atoms with Crippen LogP contribution in [0.25, 0.3) is 0 Å². The lowest BCUT2D eigenvalue weighted by Crippen LogP contribution is -2.35. The lowest BCUT2D eigenvalue weighted by atomic mass is 10.3. The predicted molar refractivity (Wildman–Crippen MR) is 66.4 cm³/mol. The fourth-order valence-electron chi connectivity index (χ4n) is 1.31. The molecule has 0 saturated carbocycles. The lowest BCUT2D eigenvalue weighted by Gasteiger charge is -2.19. The van der Waals surface area contributed by atoms with Crippen molar-refractivity contribution in [2.45, 2.75) is 33.4 Å². The number of rotatable bonds is 5. The van der Waals surface area contributed by atoms with E-state index in [0.29, 0.717) is 6.04 Å². The molecule has 0 aliphatic heterocycles. The number of aromatic nitrogens is 1. The number of likely N-dealkylation sites (N-methyl/N-ethyl adjacent to an activating group) is 1. The molecule has 4 heteroatoms. The molecule has 1 rings (SSSR count). The van der Waals surface area contributed by atoms with Crippen LogP contribution >= 0.6 is 11.3 Å². The van der Waals surface area contributed by atoms with Gasteiger partial charge >= 0.3 is 0 Å². The van der Waals surface area contributed by atoms with Crippen molar-refractivity contribution in [1.82, 2.24) is 15.2 Å². The van der Waals surface area contributed by atoms with Crippen molar-refractivity contribution in [3.8, 4) is 0 Å². The second-order valence-corrected chi connectivity index (χ2v) is 5.47. The molecule has 0 aromatic carbocycles. The van der Waals surface area contributed by atoms with E-state index in [4.69, 9.17) is 0 Å². The zero-order valence-electron chi connectivity index (χ0n) is 10.3. The maximum atomic E-state index is 4.41. The van der Waals surface area contributed by atoms with E-state index in [2.05, 4.69) is 50.1 Å². The fourth-order valence-corrected chi connectivity index (χ4v) is 2.22. The van der Waals surface area contributed by atoms with Crippen LogP contribution < -0.4 is 5.32 Å². The van der Waals surface area contributed by atoms with Crippen LogP contribution in [-0.2, 0) is 6.54 Å². The predicted octanol–water partition coefficient (Wildman–Crippen LogP) is 1.80. The Labute approximate surface area is 96.5 Å². The molecule has 0 saturated heterocycles. The number of aryl methyl sites for hydroxylation is 2. The molecule has 1 atom stereocenters. The first kappa shape index (κ1) is 12.6. The quantitative estimate of drug-likeness (QED) is 0.831. The zero-order valence-corrected chi connectivity index (χ0v) is 11.1. The van der Waals surface area contributed by atoms with E-state index in [1.165, 1.54) is 10.6 Å². The molecular formula is C11H21N3S. The van der Waals surface area contributed by atoms with Gasteiger partial charge in [-0.05, 0) is 34.9 Å². The van der Waals surface area contributed by atoms with Gasteiger partial charge in [0.25, 0.3) is 0 Å². The summed E-state index contributed by atoms with van der Waals surface area (Å²) < 4.78 is 0. The van der Waals surface area contributed by atoms with E-state index in [1.54, 1.807) is 11.3 Å². The highest BCUT2D eigenvalue weighted by Gasteiger charge is 2.06. The van der Waals surface area contributed by atoms with Gasteiger partial charge < -0.3 is 10.2 Å². The third-order valence-electron chi connectivity index (χ3n) is 2.61. The van der Waals surface area contributed by atoms with Gasteiger partial charge in [0.05, 0.1) is 10.7 Å². The average molecular weight is 227 g/mol. The Bertz CT molecular complexity index is 307. The largest absolute Gasteiger partial charge is 0.310 e. The smallest absolute Gasteiger partial charge is 0.0900 e. The third kappa shape index (κ3) is 3.89. The summed E-state index contributed by atoms with van der Waals surface area (Å²) >= 11 is 1.79. The van der Waals surface area contributed by atoms with Gasteiger partial charge in [-0.3, -0.25) is 0 Å². The molecule has 1 aromatic rings. The van der Waals surface area contributed by atoms with Gasteiger partial charge in [-0.1, -0.05) is 0 Å². The summed E-state index contributed by atoms with van der Waals surface area (Å²) in [6.45, 7) is 8.32. The van der Waals surface area contributed by atoms with Crippen LogP contribution in [0.2, 0.25) is 0 Å². The van der Waals surface area contributed by atoms with Crippen molar-refractivity contribution in [2.24, 2.45) is 0 Å². The Morgan fingerprint density at radius 1 is 1.40 bits per heavy atom. The summed E-state index contributed by atoms with van der Waals surface area (Å²) in [5, 5.41) is 4.62. The second-order valence-electron chi connectivity index (χ2n) is 4.19. The van der Waals surface area contributed by atoms with E-state index in [1.807, 2.05) is 0 Å². The van der Waals surface area contributed by atoms with E-state index in [9.17, 15) is 0 Å². The van der Waals surface area contributed by atoms with Crippen molar-refractivity contribution in [3.05, 3.63) is 15.6 Å². The zero-order chi connectivity index (χ0) is 11.4. The maximum absolute atomic E-state index is 4.41. The van der Waals surface area contributed by atoms with E-state index in [0.717, 1.165) is 18.1 Å². The standard InChI is InChI=1S/C11H21N3S/c1-8(14(4)5)6-12-7-11-9(2)13-10(3)15-11/h8,12H,6-7H2,1-5H3. The third-order valence-corrected chi connectivity index (χ3v) is 3.68. The van der Waals surface area contributed by atoms with Gasteiger partial charge in [-0.2, -0.15) is 0 Å². The van der Waals surface area contributed by atoms with Crippen LogP contribution in [0, 0.1) is 13.8 Å². The van der Waals surface area contributed by atoms with Crippen LogP contribution in [-0.4, -0.2) is 36.6 Å². The molecule has 86 valence electrons.